The lowest BCUT2D eigenvalue weighted by molar-refractivity contribution is -0.157. The molecule has 0 heterocycles. The molecule has 0 atom stereocenters. The van der Waals surface area contributed by atoms with Gasteiger partial charge in [-0.2, -0.15) is 0 Å². The Morgan fingerprint density at radius 3 is 1.72 bits per heavy atom. The average Bonchev–Trinajstić information content (AvgIpc) is 2.25. The Kier molecular flexibility index (Phi) is 2.70. The van der Waals surface area contributed by atoms with Crippen molar-refractivity contribution in [3.63, 3.8) is 0 Å². The molecule has 4 rings (SSSR count). The van der Waals surface area contributed by atoms with E-state index >= 15 is 0 Å². The van der Waals surface area contributed by atoms with E-state index in [1.807, 2.05) is 0 Å². The lowest BCUT2D eigenvalue weighted by Gasteiger charge is -2.62. The smallest absolute Gasteiger partial charge is 0.141 e. The molecule has 102 valence electrons. The van der Waals surface area contributed by atoms with Crippen molar-refractivity contribution in [2.45, 2.75) is 66.2 Å². The van der Waals surface area contributed by atoms with Crippen LogP contribution in [-0.2, 0) is 4.79 Å². The minimum atomic E-state index is -0.100. The third-order valence-corrected chi connectivity index (χ3v) is 6.50. The highest BCUT2D eigenvalue weighted by Crippen LogP contribution is 2.66. The second-order valence-corrected chi connectivity index (χ2v) is 8.34. The molecule has 18 heavy (non-hydrogen) atoms. The van der Waals surface area contributed by atoms with Crippen LogP contribution in [0.15, 0.2) is 0 Å². The third-order valence-electron chi connectivity index (χ3n) is 6.50. The fourth-order valence-corrected chi connectivity index (χ4v) is 5.86. The molecule has 4 bridgehead atoms. The Morgan fingerprint density at radius 2 is 1.39 bits per heavy atom. The van der Waals surface area contributed by atoms with E-state index in [9.17, 15) is 4.79 Å². The quantitative estimate of drug-likeness (QED) is 0.721. The second-order valence-electron chi connectivity index (χ2n) is 8.34. The summed E-state index contributed by atoms with van der Waals surface area (Å²) in [5, 5.41) is 0. The van der Waals surface area contributed by atoms with Crippen LogP contribution in [0.4, 0.5) is 0 Å². The molecule has 0 N–H and O–H groups in total. The van der Waals surface area contributed by atoms with Crippen molar-refractivity contribution in [2.75, 3.05) is 0 Å². The van der Waals surface area contributed by atoms with Gasteiger partial charge >= 0.3 is 0 Å². The zero-order valence-electron chi connectivity index (χ0n) is 12.5. The topological polar surface area (TPSA) is 17.1 Å². The van der Waals surface area contributed by atoms with Gasteiger partial charge < -0.3 is 0 Å². The minimum absolute atomic E-state index is 0.100. The van der Waals surface area contributed by atoms with E-state index in [0.717, 1.165) is 17.8 Å². The number of carbonyl (C=O) groups excluding carboxylic acids is 1. The number of rotatable bonds is 3. The van der Waals surface area contributed by atoms with Gasteiger partial charge in [0, 0.05) is 11.3 Å². The Bertz CT molecular complexity index is 329. The van der Waals surface area contributed by atoms with Crippen LogP contribution in [0.25, 0.3) is 0 Å². The molecule has 1 heteroatoms. The zero-order valence-corrected chi connectivity index (χ0v) is 12.5. The molecule has 0 saturated heterocycles. The maximum Gasteiger partial charge on any atom is 0.141 e. The number of Topliss-reactive ketones (excluding diaryl/α,β-unsaturated/α-hetero) is 1. The Hall–Kier alpha value is -0.330. The summed E-state index contributed by atoms with van der Waals surface area (Å²) >= 11 is 0. The standard InChI is InChI=1S/C17H28O/c1-11(2)15(18)16(3,4)17-8-12-5-13(9-17)7-14(6-12)10-17/h11-14H,5-10H2,1-4H3. The van der Waals surface area contributed by atoms with Crippen molar-refractivity contribution in [3.8, 4) is 0 Å². The van der Waals surface area contributed by atoms with E-state index in [1.54, 1.807) is 0 Å². The van der Waals surface area contributed by atoms with Gasteiger partial charge in [0.05, 0.1) is 0 Å². The van der Waals surface area contributed by atoms with Crippen molar-refractivity contribution in [1.29, 1.82) is 0 Å². The number of hydrogen-bond acceptors (Lipinski definition) is 1. The molecule has 0 amide bonds. The van der Waals surface area contributed by atoms with Gasteiger partial charge in [-0.05, 0) is 61.7 Å². The highest BCUT2D eigenvalue weighted by molar-refractivity contribution is 5.86. The van der Waals surface area contributed by atoms with Crippen LogP contribution in [0.1, 0.15) is 66.2 Å². The molecule has 4 saturated carbocycles. The predicted octanol–water partition coefficient (Wildman–Crippen LogP) is 4.45. The number of hydrogen-bond donors (Lipinski definition) is 0. The van der Waals surface area contributed by atoms with E-state index < -0.39 is 0 Å². The molecule has 0 aromatic heterocycles. The van der Waals surface area contributed by atoms with Gasteiger partial charge in [0.1, 0.15) is 5.78 Å². The normalized spacial score (nSPS) is 42.6. The molecule has 0 spiro atoms. The van der Waals surface area contributed by atoms with E-state index in [2.05, 4.69) is 27.7 Å². The van der Waals surface area contributed by atoms with Crippen molar-refractivity contribution in [3.05, 3.63) is 0 Å². The largest absolute Gasteiger partial charge is 0.299 e. The van der Waals surface area contributed by atoms with Gasteiger partial charge in [0.2, 0.25) is 0 Å². The zero-order chi connectivity index (χ0) is 13.1. The maximum atomic E-state index is 12.7. The first-order valence-electron chi connectivity index (χ1n) is 7.88. The summed E-state index contributed by atoms with van der Waals surface area (Å²) in [5.41, 5.74) is 0.250. The SMILES string of the molecule is CC(C)C(=O)C(C)(C)C12CC3CC(CC(C3)C1)C2. The lowest BCUT2D eigenvalue weighted by Crippen LogP contribution is -2.56. The van der Waals surface area contributed by atoms with Crippen LogP contribution in [0.2, 0.25) is 0 Å². The average molecular weight is 248 g/mol. The molecule has 0 radical (unpaired) electrons. The third kappa shape index (κ3) is 1.62. The fraction of sp³-hybridized carbons (Fsp3) is 0.941. The Labute approximate surface area is 112 Å². The molecule has 4 aliphatic carbocycles. The molecule has 0 aliphatic heterocycles. The van der Waals surface area contributed by atoms with Crippen LogP contribution in [-0.4, -0.2) is 5.78 Å². The van der Waals surface area contributed by atoms with Gasteiger partial charge in [0.15, 0.2) is 0 Å². The molecule has 0 unspecified atom stereocenters. The van der Waals surface area contributed by atoms with Crippen LogP contribution >= 0.6 is 0 Å². The van der Waals surface area contributed by atoms with Gasteiger partial charge in [0.25, 0.3) is 0 Å². The summed E-state index contributed by atoms with van der Waals surface area (Å²) in [6, 6.07) is 0. The molecule has 1 nitrogen and oxygen atoms in total. The number of ketones is 1. The van der Waals surface area contributed by atoms with Crippen LogP contribution in [0, 0.1) is 34.5 Å². The van der Waals surface area contributed by atoms with Crippen molar-refractivity contribution < 1.29 is 4.79 Å². The minimum Gasteiger partial charge on any atom is -0.299 e. The highest BCUT2D eigenvalue weighted by Gasteiger charge is 2.59. The van der Waals surface area contributed by atoms with Gasteiger partial charge in [-0.1, -0.05) is 27.7 Å². The van der Waals surface area contributed by atoms with E-state index in [-0.39, 0.29) is 11.3 Å². The first-order chi connectivity index (χ1) is 8.34. The molecule has 0 aromatic rings. The van der Waals surface area contributed by atoms with Crippen molar-refractivity contribution in [2.24, 2.45) is 34.5 Å². The molecule has 4 aliphatic rings. The van der Waals surface area contributed by atoms with Crippen LogP contribution < -0.4 is 0 Å². The van der Waals surface area contributed by atoms with E-state index in [0.29, 0.717) is 11.2 Å². The van der Waals surface area contributed by atoms with Gasteiger partial charge in [-0.15, -0.1) is 0 Å². The summed E-state index contributed by atoms with van der Waals surface area (Å²) in [7, 11) is 0. The Morgan fingerprint density at radius 1 is 1.00 bits per heavy atom. The van der Waals surface area contributed by atoms with Crippen molar-refractivity contribution in [1.82, 2.24) is 0 Å². The summed E-state index contributed by atoms with van der Waals surface area (Å²) in [4.78, 5) is 12.7. The number of carbonyl (C=O) groups is 1. The lowest BCUT2D eigenvalue weighted by atomic mass is 9.42. The maximum absolute atomic E-state index is 12.7. The second kappa shape index (κ2) is 3.84. The molecular formula is C17H28O. The molecule has 4 fully saturated rings. The highest BCUT2D eigenvalue weighted by atomic mass is 16.1. The monoisotopic (exact) mass is 248 g/mol. The molecular weight excluding hydrogens is 220 g/mol. The summed E-state index contributed by atoms with van der Waals surface area (Å²) in [6.07, 6.45) is 8.40. The first-order valence-corrected chi connectivity index (χ1v) is 7.88. The molecule has 0 aromatic carbocycles. The first kappa shape index (κ1) is 12.7. The van der Waals surface area contributed by atoms with Crippen LogP contribution in [0.5, 0.6) is 0 Å². The van der Waals surface area contributed by atoms with E-state index in [1.165, 1.54) is 38.5 Å². The Balaban J connectivity index is 1.93. The summed E-state index contributed by atoms with van der Waals surface area (Å²) < 4.78 is 0. The summed E-state index contributed by atoms with van der Waals surface area (Å²) in [5.74, 6) is 3.51. The fourth-order valence-electron chi connectivity index (χ4n) is 5.86. The predicted molar refractivity (Wildman–Crippen MR) is 74.2 cm³/mol. The summed E-state index contributed by atoms with van der Waals surface area (Å²) in [6.45, 7) is 8.65. The van der Waals surface area contributed by atoms with Gasteiger partial charge in [-0.25, -0.2) is 0 Å². The van der Waals surface area contributed by atoms with E-state index in [4.69, 9.17) is 0 Å². The van der Waals surface area contributed by atoms with Crippen LogP contribution in [0.3, 0.4) is 0 Å². The van der Waals surface area contributed by atoms with Crippen molar-refractivity contribution >= 4 is 5.78 Å². The van der Waals surface area contributed by atoms with Gasteiger partial charge in [-0.3, -0.25) is 4.79 Å².